The standard InChI is InChI=1S/C15H25NO2S/c1-11(2)10-14-6-8-15(9-7-14)13(5)16-19(17,18)12(3)4/h6-9,11-13,16H,10H2,1-5H3. The fourth-order valence-corrected chi connectivity index (χ4v) is 2.77. The van der Waals surface area contributed by atoms with Gasteiger partial charge >= 0.3 is 0 Å². The first-order valence-corrected chi connectivity index (χ1v) is 8.37. The first-order valence-electron chi connectivity index (χ1n) is 6.82. The maximum absolute atomic E-state index is 11.8. The van der Waals surface area contributed by atoms with Crippen molar-refractivity contribution in [2.24, 2.45) is 5.92 Å². The van der Waals surface area contributed by atoms with Gasteiger partial charge in [0.05, 0.1) is 5.25 Å². The molecule has 108 valence electrons. The van der Waals surface area contributed by atoms with Gasteiger partial charge in [0, 0.05) is 6.04 Å². The van der Waals surface area contributed by atoms with Crippen molar-refractivity contribution in [3.63, 3.8) is 0 Å². The van der Waals surface area contributed by atoms with E-state index in [2.05, 4.69) is 30.7 Å². The third-order valence-corrected chi connectivity index (χ3v) is 5.01. The van der Waals surface area contributed by atoms with Crippen LogP contribution in [0, 0.1) is 5.92 Å². The van der Waals surface area contributed by atoms with Gasteiger partial charge in [-0.3, -0.25) is 0 Å². The number of sulfonamides is 1. The van der Waals surface area contributed by atoms with Crippen molar-refractivity contribution in [1.82, 2.24) is 4.72 Å². The van der Waals surface area contributed by atoms with E-state index in [0.29, 0.717) is 5.92 Å². The molecule has 3 nitrogen and oxygen atoms in total. The minimum Gasteiger partial charge on any atom is -0.212 e. The van der Waals surface area contributed by atoms with Gasteiger partial charge in [0.1, 0.15) is 0 Å². The third kappa shape index (κ3) is 4.96. The predicted octanol–water partition coefficient (Wildman–Crippen LogP) is 3.27. The topological polar surface area (TPSA) is 46.2 Å². The number of benzene rings is 1. The van der Waals surface area contributed by atoms with Gasteiger partial charge in [-0.25, -0.2) is 13.1 Å². The summed E-state index contributed by atoms with van der Waals surface area (Å²) in [5.74, 6) is 0.628. The number of rotatable bonds is 6. The van der Waals surface area contributed by atoms with Crippen molar-refractivity contribution in [3.05, 3.63) is 35.4 Å². The van der Waals surface area contributed by atoms with Crippen molar-refractivity contribution in [1.29, 1.82) is 0 Å². The van der Waals surface area contributed by atoms with Crippen molar-refractivity contribution in [2.45, 2.75) is 52.3 Å². The van der Waals surface area contributed by atoms with E-state index in [9.17, 15) is 8.42 Å². The molecule has 0 aliphatic carbocycles. The summed E-state index contributed by atoms with van der Waals surface area (Å²) in [6.07, 6.45) is 1.05. The largest absolute Gasteiger partial charge is 0.214 e. The number of hydrogen-bond acceptors (Lipinski definition) is 2. The maximum Gasteiger partial charge on any atom is 0.214 e. The van der Waals surface area contributed by atoms with Crippen LogP contribution in [-0.4, -0.2) is 13.7 Å². The Bertz CT molecular complexity index is 489. The Morgan fingerprint density at radius 3 is 1.95 bits per heavy atom. The molecule has 0 fully saturated rings. The smallest absolute Gasteiger partial charge is 0.212 e. The van der Waals surface area contributed by atoms with Crippen LogP contribution in [0.5, 0.6) is 0 Å². The summed E-state index contributed by atoms with van der Waals surface area (Å²) in [5.41, 5.74) is 2.29. The van der Waals surface area contributed by atoms with Gasteiger partial charge in [-0.2, -0.15) is 0 Å². The molecule has 0 amide bonds. The molecule has 1 aromatic rings. The van der Waals surface area contributed by atoms with Crippen molar-refractivity contribution < 1.29 is 8.42 Å². The molecule has 0 aromatic heterocycles. The highest BCUT2D eigenvalue weighted by molar-refractivity contribution is 7.90. The summed E-state index contributed by atoms with van der Waals surface area (Å²) in [6.45, 7) is 9.61. The molecule has 0 aliphatic rings. The molecule has 1 rings (SSSR count). The second-order valence-corrected chi connectivity index (χ2v) is 8.04. The summed E-state index contributed by atoms with van der Waals surface area (Å²) in [7, 11) is -3.22. The molecule has 1 atom stereocenters. The van der Waals surface area contributed by atoms with Crippen LogP contribution in [0.3, 0.4) is 0 Å². The van der Waals surface area contributed by atoms with Gasteiger partial charge in [0.15, 0.2) is 0 Å². The van der Waals surface area contributed by atoms with E-state index < -0.39 is 15.3 Å². The lowest BCUT2D eigenvalue weighted by molar-refractivity contribution is 0.558. The first-order chi connectivity index (χ1) is 8.72. The van der Waals surface area contributed by atoms with Crippen molar-refractivity contribution in [3.8, 4) is 0 Å². The van der Waals surface area contributed by atoms with Crippen LogP contribution >= 0.6 is 0 Å². The molecule has 1 aromatic carbocycles. The highest BCUT2D eigenvalue weighted by Gasteiger charge is 2.19. The molecule has 0 radical (unpaired) electrons. The number of nitrogens with one attached hydrogen (secondary N) is 1. The highest BCUT2D eigenvalue weighted by Crippen LogP contribution is 2.17. The Hall–Kier alpha value is -0.870. The molecule has 0 saturated heterocycles. The Balaban J connectivity index is 2.76. The molecule has 0 aliphatic heterocycles. The zero-order valence-electron chi connectivity index (χ0n) is 12.5. The fourth-order valence-electron chi connectivity index (χ4n) is 1.86. The van der Waals surface area contributed by atoms with E-state index in [0.717, 1.165) is 12.0 Å². The Morgan fingerprint density at radius 1 is 1.00 bits per heavy atom. The lowest BCUT2D eigenvalue weighted by Gasteiger charge is -2.17. The summed E-state index contributed by atoms with van der Waals surface area (Å²) in [6, 6.07) is 7.97. The Kier molecular flexibility index (Phi) is 5.56. The van der Waals surface area contributed by atoms with E-state index in [1.54, 1.807) is 13.8 Å². The van der Waals surface area contributed by atoms with Crippen molar-refractivity contribution in [2.75, 3.05) is 0 Å². The zero-order chi connectivity index (χ0) is 14.6. The maximum atomic E-state index is 11.8. The molecule has 0 bridgehead atoms. The van der Waals surface area contributed by atoms with Crippen LogP contribution < -0.4 is 4.72 Å². The van der Waals surface area contributed by atoms with Crippen LogP contribution in [0.4, 0.5) is 0 Å². The van der Waals surface area contributed by atoms with E-state index in [4.69, 9.17) is 0 Å². The first kappa shape index (κ1) is 16.2. The number of hydrogen-bond donors (Lipinski definition) is 1. The van der Waals surface area contributed by atoms with Crippen LogP contribution in [0.1, 0.15) is 51.8 Å². The average molecular weight is 283 g/mol. The monoisotopic (exact) mass is 283 g/mol. The van der Waals surface area contributed by atoms with Gasteiger partial charge in [0.25, 0.3) is 0 Å². The summed E-state index contributed by atoms with van der Waals surface area (Å²) in [5, 5.41) is -0.407. The summed E-state index contributed by atoms with van der Waals surface area (Å²) in [4.78, 5) is 0. The van der Waals surface area contributed by atoms with Gasteiger partial charge in [-0.15, -0.1) is 0 Å². The molecular weight excluding hydrogens is 258 g/mol. The minimum absolute atomic E-state index is 0.194. The highest BCUT2D eigenvalue weighted by atomic mass is 32.2. The molecule has 19 heavy (non-hydrogen) atoms. The molecule has 0 heterocycles. The van der Waals surface area contributed by atoms with E-state index in [1.807, 2.05) is 19.1 Å². The second-order valence-electron chi connectivity index (χ2n) is 5.77. The molecule has 0 saturated carbocycles. The zero-order valence-corrected chi connectivity index (χ0v) is 13.3. The third-order valence-electron chi connectivity index (χ3n) is 3.09. The Labute approximate surface area is 117 Å². The second kappa shape index (κ2) is 6.53. The molecule has 1 N–H and O–H groups in total. The summed E-state index contributed by atoms with van der Waals surface area (Å²) < 4.78 is 26.3. The quantitative estimate of drug-likeness (QED) is 0.871. The van der Waals surface area contributed by atoms with Crippen molar-refractivity contribution >= 4 is 10.0 Å². The van der Waals surface area contributed by atoms with Gasteiger partial charge < -0.3 is 0 Å². The lowest BCUT2D eigenvalue weighted by atomic mass is 10.0. The molecular formula is C15H25NO2S. The Morgan fingerprint density at radius 2 is 1.53 bits per heavy atom. The van der Waals surface area contributed by atoms with Crippen LogP contribution in [0.15, 0.2) is 24.3 Å². The SMILES string of the molecule is CC(C)Cc1ccc(C(C)NS(=O)(=O)C(C)C)cc1. The van der Waals surface area contributed by atoms with E-state index in [-0.39, 0.29) is 6.04 Å². The van der Waals surface area contributed by atoms with Crippen LogP contribution in [0.25, 0.3) is 0 Å². The lowest BCUT2D eigenvalue weighted by Crippen LogP contribution is -2.32. The summed E-state index contributed by atoms with van der Waals surface area (Å²) >= 11 is 0. The molecule has 1 unspecified atom stereocenters. The van der Waals surface area contributed by atoms with Gasteiger partial charge in [-0.1, -0.05) is 38.1 Å². The van der Waals surface area contributed by atoms with Gasteiger partial charge in [-0.05, 0) is 44.2 Å². The molecule has 0 spiro atoms. The van der Waals surface area contributed by atoms with Crippen LogP contribution in [-0.2, 0) is 16.4 Å². The van der Waals surface area contributed by atoms with Crippen LogP contribution in [0.2, 0.25) is 0 Å². The average Bonchev–Trinajstić information content (AvgIpc) is 2.28. The van der Waals surface area contributed by atoms with E-state index >= 15 is 0 Å². The fraction of sp³-hybridized carbons (Fsp3) is 0.600. The normalized spacial score (nSPS) is 14.1. The van der Waals surface area contributed by atoms with E-state index in [1.165, 1.54) is 5.56 Å². The minimum atomic E-state index is -3.22. The molecule has 4 heteroatoms. The van der Waals surface area contributed by atoms with Gasteiger partial charge in [0.2, 0.25) is 10.0 Å². The predicted molar refractivity (Wildman–Crippen MR) is 80.6 cm³/mol.